The molecule has 6 heteroatoms. The van der Waals surface area contributed by atoms with Gasteiger partial charge >= 0.3 is 5.97 Å². The van der Waals surface area contributed by atoms with Crippen molar-refractivity contribution in [3.8, 4) is 11.5 Å². The smallest absolute Gasteiger partial charge is 0.317 e. The molecule has 20 heavy (non-hydrogen) atoms. The van der Waals surface area contributed by atoms with Gasteiger partial charge in [0.05, 0.1) is 11.6 Å². The number of fused-ring (bicyclic) bond motifs is 1. The highest BCUT2D eigenvalue weighted by Crippen LogP contribution is 2.40. The lowest BCUT2D eigenvalue weighted by Gasteiger charge is -2.26. The zero-order chi connectivity index (χ0) is 14.7. The van der Waals surface area contributed by atoms with Crippen LogP contribution in [0.5, 0.6) is 11.5 Å². The molecule has 1 aliphatic heterocycles. The van der Waals surface area contributed by atoms with E-state index >= 15 is 0 Å². The van der Waals surface area contributed by atoms with Crippen LogP contribution in [0.3, 0.4) is 0 Å². The Balaban J connectivity index is 2.18. The van der Waals surface area contributed by atoms with Gasteiger partial charge in [-0.1, -0.05) is 18.5 Å². The van der Waals surface area contributed by atoms with E-state index in [1.807, 2.05) is 24.8 Å². The number of carboxylic acids is 1. The minimum atomic E-state index is -0.836. The molecule has 0 amide bonds. The summed E-state index contributed by atoms with van der Waals surface area (Å²) in [7, 11) is 0. The van der Waals surface area contributed by atoms with Crippen molar-refractivity contribution in [1.29, 1.82) is 0 Å². The molecule has 1 aliphatic rings. The number of hydrogen-bond donors (Lipinski definition) is 1. The highest BCUT2D eigenvalue weighted by Gasteiger charge is 2.21. The third kappa shape index (κ3) is 3.35. The van der Waals surface area contributed by atoms with Crippen LogP contribution >= 0.6 is 11.6 Å². The van der Waals surface area contributed by atoms with Crippen molar-refractivity contribution in [2.75, 3.05) is 13.3 Å². The summed E-state index contributed by atoms with van der Waals surface area (Å²) in [5.41, 5.74) is 0.917. The number of ether oxygens (including phenoxy) is 2. The van der Waals surface area contributed by atoms with E-state index in [2.05, 4.69) is 0 Å². The molecule has 0 aromatic heterocycles. The summed E-state index contributed by atoms with van der Waals surface area (Å²) in [6, 6.07) is 3.83. The van der Waals surface area contributed by atoms with Crippen molar-refractivity contribution in [2.45, 2.75) is 32.9 Å². The molecule has 0 bridgehead atoms. The average Bonchev–Trinajstić information content (AvgIpc) is 2.85. The van der Waals surface area contributed by atoms with Crippen LogP contribution in [0.25, 0.3) is 0 Å². The zero-order valence-electron chi connectivity index (χ0n) is 11.6. The SMILES string of the molecule is CCC(C)N(CC(=O)O)Cc1cc(Cl)c2c(c1)OCO2. The second kappa shape index (κ2) is 6.33. The molecule has 5 nitrogen and oxygen atoms in total. The molecule has 0 saturated heterocycles. The molecule has 1 N–H and O–H groups in total. The highest BCUT2D eigenvalue weighted by atomic mass is 35.5. The van der Waals surface area contributed by atoms with Crippen LogP contribution in [-0.2, 0) is 11.3 Å². The van der Waals surface area contributed by atoms with Crippen LogP contribution < -0.4 is 9.47 Å². The first-order chi connectivity index (χ1) is 9.51. The number of carboxylic acid groups (broad SMARTS) is 1. The van der Waals surface area contributed by atoms with E-state index in [9.17, 15) is 4.79 Å². The van der Waals surface area contributed by atoms with Crippen molar-refractivity contribution in [3.05, 3.63) is 22.7 Å². The van der Waals surface area contributed by atoms with Gasteiger partial charge in [-0.3, -0.25) is 9.69 Å². The molecule has 0 saturated carbocycles. The maximum absolute atomic E-state index is 11.0. The molecule has 1 aromatic rings. The van der Waals surface area contributed by atoms with Crippen LogP contribution in [0.4, 0.5) is 0 Å². The van der Waals surface area contributed by atoms with Crippen molar-refractivity contribution in [2.24, 2.45) is 0 Å². The van der Waals surface area contributed by atoms with E-state index < -0.39 is 5.97 Å². The van der Waals surface area contributed by atoms with Gasteiger partial charge < -0.3 is 14.6 Å². The Morgan fingerprint density at radius 3 is 2.90 bits per heavy atom. The van der Waals surface area contributed by atoms with E-state index in [1.54, 1.807) is 6.07 Å². The number of carbonyl (C=O) groups is 1. The molecule has 0 aliphatic carbocycles. The first-order valence-electron chi connectivity index (χ1n) is 6.55. The van der Waals surface area contributed by atoms with Crippen LogP contribution in [-0.4, -0.2) is 35.4 Å². The van der Waals surface area contributed by atoms with Gasteiger partial charge in [-0.2, -0.15) is 0 Å². The number of benzene rings is 1. The van der Waals surface area contributed by atoms with Gasteiger partial charge in [0, 0.05) is 12.6 Å². The number of halogens is 1. The largest absolute Gasteiger partial charge is 0.480 e. The summed E-state index contributed by atoms with van der Waals surface area (Å²) in [4.78, 5) is 12.9. The standard InChI is InChI=1S/C14H18ClNO4/c1-3-9(2)16(7-13(17)18)6-10-4-11(15)14-12(5-10)19-8-20-14/h4-5,9H,3,6-8H2,1-2H3,(H,17,18). The summed E-state index contributed by atoms with van der Waals surface area (Å²) in [5, 5.41) is 9.50. The first kappa shape index (κ1) is 14.9. The molecular weight excluding hydrogens is 282 g/mol. The van der Waals surface area contributed by atoms with E-state index in [0.717, 1.165) is 12.0 Å². The van der Waals surface area contributed by atoms with Gasteiger partial charge in [0.15, 0.2) is 11.5 Å². The molecule has 1 heterocycles. The minimum absolute atomic E-state index is 0.00106. The summed E-state index contributed by atoms with van der Waals surface area (Å²) >= 11 is 6.14. The van der Waals surface area contributed by atoms with E-state index in [0.29, 0.717) is 23.1 Å². The third-order valence-electron chi connectivity index (χ3n) is 3.43. The van der Waals surface area contributed by atoms with Crippen molar-refractivity contribution >= 4 is 17.6 Å². The number of aliphatic carboxylic acids is 1. The fourth-order valence-electron chi connectivity index (χ4n) is 2.15. The lowest BCUT2D eigenvalue weighted by molar-refractivity contribution is -0.139. The molecule has 0 fully saturated rings. The average molecular weight is 300 g/mol. The Labute approximate surface area is 123 Å². The van der Waals surface area contributed by atoms with Crippen LogP contribution in [0.1, 0.15) is 25.8 Å². The fourth-order valence-corrected chi connectivity index (χ4v) is 2.43. The van der Waals surface area contributed by atoms with Gasteiger partial charge in [-0.05, 0) is 31.0 Å². The van der Waals surface area contributed by atoms with Crippen molar-refractivity contribution in [3.63, 3.8) is 0 Å². The monoisotopic (exact) mass is 299 g/mol. The number of rotatable bonds is 6. The van der Waals surface area contributed by atoms with Crippen LogP contribution in [0.2, 0.25) is 5.02 Å². The lowest BCUT2D eigenvalue weighted by Crippen LogP contribution is -2.36. The molecule has 0 radical (unpaired) electrons. The molecule has 1 unspecified atom stereocenters. The highest BCUT2D eigenvalue weighted by molar-refractivity contribution is 6.32. The maximum atomic E-state index is 11.0. The van der Waals surface area contributed by atoms with E-state index in [4.69, 9.17) is 26.2 Å². The Hall–Kier alpha value is -1.46. The topological polar surface area (TPSA) is 59.0 Å². The number of nitrogens with zero attached hydrogens (tertiary/aromatic N) is 1. The van der Waals surface area contributed by atoms with E-state index in [-0.39, 0.29) is 19.4 Å². The Morgan fingerprint density at radius 1 is 1.50 bits per heavy atom. The van der Waals surface area contributed by atoms with E-state index in [1.165, 1.54) is 0 Å². The summed E-state index contributed by atoms with van der Waals surface area (Å²) in [6.07, 6.45) is 0.881. The fraction of sp³-hybridized carbons (Fsp3) is 0.500. The third-order valence-corrected chi connectivity index (χ3v) is 3.71. The second-order valence-electron chi connectivity index (χ2n) is 4.87. The second-order valence-corrected chi connectivity index (χ2v) is 5.27. The maximum Gasteiger partial charge on any atom is 0.317 e. The normalized spacial score (nSPS) is 14.6. The number of hydrogen-bond acceptors (Lipinski definition) is 4. The zero-order valence-corrected chi connectivity index (χ0v) is 12.3. The van der Waals surface area contributed by atoms with Crippen molar-refractivity contribution < 1.29 is 19.4 Å². The first-order valence-corrected chi connectivity index (χ1v) is 6.93. The van der Waals surface area contributed by atoms with Gasteiger partial charge in [0.25, 0.3) is 0 Å². The Kier molecular flexibility index (Phi) is 4.73. The Morgan fingerprint density at radius 2 is 2.25 bits per heavy atom. The minimum Gasteiger partial charge on any atom is -0.480 e. The molecule has 0 spiro atoms. The molecular formula is C14H18ClNO4. The Bertz CT molecular complexity index is 506. The molecule has 1 aromatic carbocycles. The quantitative estimate of drug-likeness (QED) is 0.875. The molecule has 110 valence electrons. The summed E-state index contributed by atoms with van der Waals surface area (Å²) < 4.78 is 10.6. The predicted molar refractivity (Wildman–Crippen MR) is 75.4 cm³/mol. The summed E-state index contributed by atoms with van der Waals surface area (Å²) in [6.45, 7) is 4.73. The van der Waals surface area contributed by atoms with Crippen molar-refractivity contribution in [1.82, 2.24) is 4.90 Å². The van der Waals surface area contributed by atoms with Gasteiger partial charge in [-0.15, -0.1) is 0 Å². The predicted octanol–water partition coefficient (Wildman–Crippen LogP) is 2.75. The lowest BCUT2D eigenvalue weighted by atomic mass is 10.1. The van der Waals surface area contributed by atoms with Crippen LogP contribution in [0, 0.1) is 0 Å². The summed E-state index contributed by atoms with van der Waals surface area (Å²) in [5.74, 6) is 0.341. The van der Waals surface area contributed by atoms with Gasteiger partial charge in [0.2, 0.25) is 6.79 Å². The van der Waals surface area contributed by atoms with Gasteiger partial charge in [-0.25, -0.2) is 0 Å². The molecule has 2 rings (SSSR count). The van der Waals surface area contributed by atoms with Crippen LogP contribution in [0.15, 0.2) is 12.1 Å². The molecule has 1 atom stereocenters. The van der Waals surface area contributed by atoms with Gasteiger partial charge in [0.1, 0.15) is 0 Å².